The zero-order valence-electron chi connectivity index (χ0n) is 19.7. The Labute approximate surface area is 206 Å². The number of rotatable bonds is 9. The number of carbonyl (C=O) groups is 3. The summed E-state index contributed by atoms with van der Waals surface area (Å²) in [4.78, 5) is 40.9. The zero-order valence-corrected chi connectivity index (χ0v) is 19.7. The molecule has 0 unspecified atom stereocenters. The Morgan fingerprint density at radius 2 is 1.75 bits per heavy atom. The summed E-state index contributed by atoms with van der Waals surface area (Å²) in [7, 11) is 2.50. The molecule has 2 aromatic heterocycles. The number of nitrogens with zero attached hydrogens (tertiary/aromatic N) is 3. The number of nitrogens with one attached hydrogen (secondary N) is 2. The van der Waals surface area contributed by atoms with Gasteiger partial charge >= 0.3 is 11.9 Å². The summed E-state index contributed by atoms with van der Waals surface area (Å²) >= 11 is 0. The summed E-state index contributed by atoms with van der Waals surface area (Å²) in [5.74, 6) is -1.76. The van der Waals surface area contributed by atoms with E-state index in [1.807, 2.05) is 30.5 Å². The first kappa shape index (κ1) is 24.5. The fourth-order valence-corrected chi connectivity index (χ4v) is 3.90. The Kier molecular flexibility index (Phi) is 7.28. The molecule has 2 atom stereocenters. The van der Waals surface area contributed by atoms with Crippen molar-refractivity contribution in [3.63, 3.8) is 0 Å². The second-order valence-electron chi connectivity index (χ2n) is 8.11. The fraction of sp³-hybridized carbons (Fsp3) is 0.240. The Hall–Kier alpha value is -4.67. The van der Waals surface area contributed by atoms with E-state index in [-0.39, 0.29) is 24.3 Å². The van der Waals surface area contributed by atoms with E-state index in [9.17, 15) is 19.5 Å². The van der Waals surface area contributed by atoms with Gasteiger partial charge in [0.1, 0.15) is 11.8 Å². The molecule has 2 aromatic carbocycles. The number of fused-ring (bicyclic) bond motifs is 1. The van der Waals surface area contributed by atoms with Gasteiger partial charge in [-0.2, -0.15) is 0 Å². The van der Waals surface area contributed by atoms with Gasteiger partial charge in [0.2, 0.25) is 0 Å². The lowest BCUT2D eigenvalue weighted by Crippen LogP contribution is -2.43. The lowest BCUT2D eigenvalue weighted by atomic mass is 10.1. The minimum Gasteiger partial charge on any atom is -0.508 e. The molecule has 36 heavy (non-hydrogen) atoms. The molecule has 0 radical (unpaired) electrons. The topological polar surface area (TPSA) is 148 Å². The average molecular weight is 492 g/mol. The number of para-hydroxylation sites is 1. The number of hydrogen-bond acceptors (Lipinski definition) is 8. The molecule has 4 aromatic rings. The highest BCUT2D eigenvalue weighted by Gasteiger charge is 2.28. The number of benzene rings is 2. The minimum absolute atomic E-state index is 0.0811. The van der Waals surface area contributed by atoms with E-state index in [1.54, 1.807) is 12.1 Å². The number of aromatic hydroxyl groups is 1. The molecule has 3 N–H and O–H groups in total. The van der Waals surface area contributed by atoms with Crippen LogP contribution in [0.1, 0.15) is 27.7 Å². The van der Waals surface area contributed by atoms with Gasteiger partial charge in [-0.3, -0.25) is 4.79 Å². The van der Waals surface area contributed by atoms with Crippen molar-refractivity contribution in [1.82, 2.24) is 25.3 Å². The first-order chi connectivity index (χ1) is 17.4. The summed E-state index contributed by atoms with van der Waals surface area (Å²) in [6.07, 6.45) is 3.54. The smallest absolute Gasteiger partial charge is 0.331 e. The maximum absolute atomic E-state index is 12.9. The third kappa shape index (κ3) is 5.35. The van der Waals surface area contributed by atoms with E-state index in [1.165, 1.54) is 37.2 Å². The van der Waals surface area contributed by atoms with E-state index in [2.05, 4.69) is 20.6 Å². The van der Waals surface area contributed by atoms with Crippen molar-refractivity contribution in [2.45, 2.75) is 24.9 Å². The predicted molar refractivity (Wildman–Crippen MR) is 128 cm³/mol. The van der Waals surface area contributed by atoms with Crippen LogP contribution in [0.2, 0.25) is 0 Å². The largest absolute Gasteiger partial charge is 0.508 e. The lowest BCUT2D eigenvalue weighted by molar-refractivity contribution is -0.145. The predicted octanol–water partition coefficient (Wildman–Crippen LogP) is 1.94. The van der Waals surface area contributed by atoms with Crippen LogP contribution in [-0.2, 0) is 31.9 Å². The van der Waals surface area contributed by atoms with Gasteiger partial charge in [0.05, 0.1) is 20.4 Å². The maximum Gasteiger partial charge on any atom is 0.331 e. The monoisotopic (exact) mass is 491 g/mol. The molecule has 0 aliphatic rings. The van der Waals surface area contributed by atoms with Gasteiger partial charge in [0.15, 0.2) is 11.7 Å². The molecular formula is C25H25N5O6. The van der Waals surface area contributed by atoms with Crippen LogP contribution in [0.4, 0.5) is 0 Å². The van der Waals surface area contributed by atoms with Crippen molar-refractivity contribution in [3.8, 4) is 5.75 Å². The average Bonchev–Trinajstić information content (AvgIpc) is 3.55. The lowest BCUT2D eigenvalue weighted by Gasteiger charge is -2.16. The normalized spacial score (nSPS) is 12.6. The SMILES string of the molecule is COC(=O)[C@H](Cc1ccc(O)cc1)NC(=O)c1cn([C@H](Cc2c[nH]c3ccccc23)C(=O)OC)nn1. The summed E-state index contributed by atoms with van der Waals surface area (Å²) in [6.45, 7) is 0. The van der Waals surface area contributed by atoms with Crippen LogP contribution < -0.4 is 5.32 Å². The first-order valence-electron chi connectivity index (χ1n) is 11.1. The van der Waals surface area contributed by atoms with E-state index in [0.29, 0.717) is 5.56 Å². The third-order valence-corrected chi connectivity index (χ3v) is 5.79. The van der Waals surface area contributed by atoms with Crippen molar-refractivity contribution >= 4 is 28.7 Å². The van der Waals surface area contributed by atoms with Gasteiger partial charge in [0.25, 0.3) is 5.91 Å². The number of H-pyrrole nitrogens is 1. The molecule has 11 heteroatoms. The number of methoxy groups -OCH3 is 2. The molecule has 0 saturated carbocycles. The summed E-state index contributed by atoms with van der Waals surface area (Å²) in [5, 5.41) is 20.9. The van der Waals surface area contributed by atoms with Gasteiger partial charge < -0.3 is 24.9 Å². The highest BCUT2D eigenvalue weighted by atomic mass is 16.5. The maximum atomic E-state index is 12.9. The number of hydrogen-bond donors (Lipinski definition) is 3. The molecule has 0 saturated heterocycles. The van der Waals surface area contributed by atoms with Gasteiger partial charge in [-0.1, -0.05) is 35.5 Å². The molecule has 0 aliphatic heterocycles. The van der Waals surface area contributed by atoms with Crippen LogP contribution >= 0.6 is 0 Å². The quantitative estimate of drug-likeness (QED) is 0.301. The van der Waals surface area contributed by atoms with Crippen molar-refractivity contribution in [2.75, 3.05) is 14.2 Å². The van der Waals surface area contributed by atoms with Crippen LogP contribution in [0.3, 0.4) is 0 Å². The van der Waals surface area contributed by atoms with Crippen LogP contribution in [-0.4, -0.2) is 63.2 Å². The molecule has 1 amide bonds. The van der Waals surface area contributed by atoms with E-state index in [4.69, 9.17) is 9.47 Å². The molecule has 0 spiro atoms. The number of ether oxygens (including phenoxy) is 2. The van der Waals surface area contributed by atoms with Crippen LogP contribution in [0.25, 0.3) is 10.9 Å². The number of carbonyl (C=O) groups excluding carboxylic acids is 3. The molecule has 186 valence electrons. The van der Waals surface area contributed by atoms with E-state index < -0.39 is 29.9 Å². The molecule has 0 fully saturated rings. The fourth-order valence-electron chi connectivity index (χ4n) is 3.90. The van der Waals surface area contributed by atoms with Crippen LogP contribution in [0.5, 0.6) is 5.75 Å². The highest BCUT2D eigenvalue weighted by Crippen LogP contribution is 2.23. The van der Waals surface area contributed by atoms with Crippen molar-refractivity contribution in [2.24, 2.45) is 0 Å². The number of aromatic nitrogens is 4. The summed E-state index contributed by atoms with van der Waals surface area (Å²) in [5.41, 5.74) is 2.43. The van der Waals surface area contributed by atoms with Gasteiger partial charge in [-0.15, -0.1) is 5.10 Å². The highest BCUT2D eigenvalue weighted by molar-refractivity contribution is 5.95. The molecular weight excluding hydrogens is 466 g/mol. The second-order valence-corrected chi connectivity index (χ2v) is 8.11. The van der Waals surface area contributed by atoms with E-state index in [0.717, 1.165) is 16.5 Å². The molecule has 4 rings (SSSR count). The zero-order chi connectivity index (χ0) is 25.7. The number of amides is 1. The van der Waals surface area contributed by atoms with Gasteiger partial charge in [-0.05, 0) is 29.3 Å². The third-order valence-electron chi connectivity index (χ3n) is 5.79. The second kappa shape index (κ2) is 10.7. The Morgan fingerprint density at radius 1 is 1.03 bits per heavy atom. The number of aromatic amines is 1. The van der Waals surface area contributed by atoms with Crippen LogP contribution in [0.15, 0.2) is 60.9 Å². The molecule has 0 aliphatic carbocycles. The Balaban J connectivity index is 1.52. The van der Waals surface area contributed by atoms with Crippen molar-refractivity contribution in [3.05, 3.63) is 77.7 Å². The van der Waals surface area contributed by atoms with Crippen LogP contribution in [0, 0.1) is 0 Å². The molecule has 0 bridgehead atoms. The molecule has 11 nitrogen and oxygen atoms in total. The summed E-state index contributed by atoms with van der Waals surface area (Å²) < 4.78 is 11.1. The van der Waals surface area contributed by atoms with Gasteiger partial charge in [0, 0.05) is 29.9 Å². The number of esters is 2. The van der Waals surface area contributed by atoms with Crippen molar-refractivity contribution in [1.29, 1.82) is 0 Å². The Morgan fingerprint density at radius 3 is 2.47 bits per heavy atom. The Bertz CT molecular complexity index is 1380. The number of phenols is 1. The standard InChI is InChI=1S/C25H25N5O6/c1-35-24(33)20(11-15-7-9-17(31)10-8-15)27-23(32)21-14-30(29-28-21)22(25(34)36-2)12-16-13-26-19-6-4-3-5-18(16)19/h3-10,13-14,20,22,26,31H,11-12H2,1-2H3,(H,27,32)/t20-,22+/m0/s1. The molecule has 2 heterocycles. The minimum atomic E-state index is -1.00. The van der Waals surface area contributed by atoms with E-state index >= 15 is 0 Å². The van der Waals surface area contributed by atoms with Gasteiger partial charge in [-0.25, -0.2) is 14.3 Å². The summed E-state index contributed by atoms with van der Waals surface area (Å²) in [6, 6.07) is 12.1. The first-order valence-corrected chi connectivity index (χ1v) is 11.1. The number of phenolic OH excluding ortho intramolecular Hbond substituents is 1. The van der Waals surface area contributed by atoms with Crippen molar-refractivity contribution < 1.29 is 29.0 Å².